The summed E-state index contributed by atoms with van der Waals surface area (Å²) in [5.74, 6) is 0.538. The number of anilines is 2. The average Bonchev–Trinajstić information content (AvgIpc) is 2.95. The van der Waals surface area contributed by atoms with Crippen molar-refractivity contribution in [2.75, 3.05) is 5.32 Å². The molecule has 0 radical (unpaired) electrons. The molecular weight excluding hydrogens is 336 g/mol. The molecule has 1 aromatic carbocycles. The molecule has 0 amide bonds. The smallest absolute Gasteiger partial charge is 0.182 e. The lowest BCUT2D eigenvalue weighted by Crippen LogP contribution is -2.16. The highest BCUT2D eigenvalue weighted by molar-refractivity contribution is 7.92. The molecule has 23 heavy (non-hydrogen) atoms. The van der Waals surface area contributed by atoms with Crippen LogP contribution in [0.3, 0.4) is 0 Å². The van der Waals surface area contributed by atoms with E-state index in [0.717, 1.165) is 0 Å². The first-order valence-corrected chi connectivity index (χ1v) is 8.92. The van der Waals surface area contributed by atoms with Gasteiger partial charge in [0.05, 0.1) is 22.0 Å². The molecule has 0 unspecified atom stereocenters. The summed E-state index contributed by atoms with van der Waals surface area (Å²) in [5.41, 5.74) is 1.05. The van der Waals surface area contributed by atoms with Gasteiger partial charge in [0.25, 0.3) is 0 Å². The van der Waals surface area contributed by atoms with E-state index in [2.05, 4.69) is 15.4 Å². The van der Waals surface area contributed by atoms with Gasteiger partial charge >= 0.3 is 0 Å². The molecule has 2 heterocycles. The molecule has 1 N–H and O–H groups in total. The zero-order valence-electron chi connectivity index (χ0n) is 12.6. The number of aromatic nitrogens is 3. The summed E-state index contributed by atoms with van der Waals surface area (Å²) in [6.07, 6.45) is 1.60. The lowest BCUT2D eigenvalue weighted by molar-refractivity contribution is 0.588. The Morgan fingerprint density at radius 3 is 2.70 bits per heavy atom. The summed E-state index contributed by atoms with van der Waals surface area (Å²) in [4.78, 5) is 4.38. The van der Waals surface area contributed by atoms with Crippen LogP contribution < -0.4 is 5.32 Å². The SMILES string of the molecule is CC(C)S(=O)(=O)c1ccccc1Nc1cc(Cl)nc2ccnn12. The predicted octanol–water partition coefficient (Wildman–Crippen LogP) is 3.31. The Bertz CT molecular complexity index is 967. The van der Waals surface area contributed by atoms with Crippen LogP contribution in [0.2, 0.25) is 5.15 Å². The highest BCUT2D eigenvalue weighted by atomic mass is 35.5. The Balaban J connectivity index is 2.12. The van der Waals surface area contributed by atoms with Crippen molar-refractivity contribution in [3.63, 3.8) is 0 Å². The molecule has 0 spiro atoms. The van der Waals surface area contributed by atoms with Gasteiger partial charge in [-0.3, -0.25) is 0 Å². The quantitative estimate of drug-likeness (QED) is 0.730. The van der Waals surface area contributed by atoms with Crippen molar-refractivity contribution < 1.29 is 8.42 Å². The van der Waals surface area contributed by atoms with Crippen molar-refractivity contribution in [3.05, 3.63) is 47.7 Å². The fraction of sp³-hybridized carbons (Fsp3) is 0.200. The maximum absolute atomic E-state index is 12.5. The minimum absolute atomic E-state index is 0.239. The fourth-order valence-corrected chi connectivity index (χ4v) is 3.57. The van der Waals surface area contributed by atoms with Crippen LogP contribution >= 0.6 is 11.6 Å². The summed E-state index contributed by atoms with van der Waals surface area (Å²) in [5, 5.41) is 7.05. The molecule has 120 valence electrons. The topological polar surface area (TPSA) is 76.4 Å². The highest BCUT2D eigenvalue weighted by Crippen LogP contribution is 2.28. The summed E-state index contributed by atoms with van der Waals surface area (Å²) in [6, 6.07) is 10.1. The third kappa shape index (κ3) is 2.89. The second-order valence-electron chi connectivity index (χ2n) is 5.28. The number of halogens is 1. The normalized spacial score (nSPS) is 12.0. The number of benzene rings is 1. The number of nitrogens with zero attached hydrogens (tertiary/aromatic N) is 3. The lowest BCUT2D eigenvalue weighted by Gasteiger charge is -2.15. The van der Waals surface area contributed by atoms with Crippen molar-refractivity contribution in [1.82, 2.24) is 14.6 Å². The first-order chi connectivity index (χ1) is 10.9. The maximum Gasteiger partial charge on any atom is 0.182 e. The van der Waals surface area contributed by atoms with E-state index in [1.807, 2.05) is 0 Å². The van der Waals surface area contributed by atoms with Crippen molar-refractivity contribution in [3.8, 4) is 0 Å². The van der Waals surface area contributed by atoms with E-state index in [4.69, 9.17) is 11.6 Å². The van der Waals surface area contributed by atoms with E-state index in [9.17, 15) is 8.42 Å². The first-order valence-electron chi connectivity index (χ1n) is 7.00. The summed E-state index contributed by atoms with van der Waals surface area (Å²) in [6.45, 7) is 3.31. The van der Waals surface area contributed by atoms with Crippen LogP contribution in [0.15, 0.2) is 47.5 Å². The van der Waals surface area contributed by atoms with Crippen LogP contribution in [-0.4, -0.2) is 28.3 Å². The molecule has 0 saturated carbocycles. The van der Waals surface area contributed by atoms with Gasteiger partial charge < -0.3 is 5.32 Å². The molecular formula is C15H15ClN4O2S. The Morgan fingerprint density at radius 2 is 1.96 bits per heavy atom. The monoisotopic (exact) mass is 350 g/mol. The van der Waals surface area contributed by atoms with Gasteiger partial charge in [0.15, 0.2) is 15.5 Å². The van der Waals surface area contributed by atoms with Crippen LogP contribution in [0.4, 0.5) is 11.5 Å². The van der Waals surface area contributed by atoms with Crippen LogP contribution in [0.25, 0.3) is 5.65 Å². The summed E-state index contributed by atoms with van der Waals surface area (Å²) < 4.78 is 26.6. The second-order valence-corrected chi connectivity index (χ2v) is 8.14. The molecule has 0 aliphatic rings. The van der Waals surface area contributed by atoms with Gasteiger partial charge in [0.1, 0.15) is 11.0 Å². The number of hydrogen-bond acceptors (Lipinski definition) is 5. The number of nitrogens with one attached hydrogen (secondary N) is 1. The Hall–Kier alpha value is -2.12. The van der Waals surface area contributed by atoms with E-state index in [0.29, 0.717) is 22.3 Å². The second kappa shape index (κ2) is 5.82. The van der Waals surface area contributed by atoms with Gasteiger partial charge in [0.2, 0.25) is 0 Å². The lowest BCUT2D eigenvalue weighted by atomic mass is 10.3. The number of hydrogen-bond donors (Lipinski definition) is 1. The third-order valence-corrected chi connectivity index (χ3v) is 5.81. The molecule has 0 saturated heterocycles. The van der Waals surface area contributed by atoms with Crippen molar-refractivity contribution in [1.29, 1.82) is 0 Å². The molecule has 0 aliphatic carbocycles. The molecule has 0 aliphatic heterocycles. The predicted molar refractivity (Wildman–Crippen MR) is 90.0 cm³/mol. The maximum atomic E-state index is 12.5. The summed E-state index contributed by atoms with van der Waals surface area (Å²) in [7, 11) is -3.42. The minimum atomic E-state index is -3.42. The number of fused-ring (bicyclic) bond motifs is 1. The van der Waals surface area contributed by atoms with Crippen LogP contribution in [0.1, 0.15) is 13.8 Å². The third-order valence-electron chi connectivity index (χ3n) is 3.41. The number of para-hydroxylation sites is 1. The van der Waals surface area contributed by atoms with E-state index < -0.39 is 15.1 Å². The molecule has 6 nitrogen and oxygen atoms in total. The molecule has 0 bridgehead atoms. The number of rotatable bonds is 4. The van der Waals surface area contributed by atoms with Crippen LogP contribution in [0.5, 0.6) is 0 Å². The number of sulfone groups is 1. The molecule has 0 fully saturated rings. The van der Waals surface area contributed by atoms with Crippen molar-refractivity contribution in [2.24, 2.45) is 0 Å². The van der Waals surface area contributed by atoms with E-state index >= 15 is 0 Å². The first kappa shape index (κ1) is 15.8. The van der Waals surface area contributed by atoms with Crippen molar-refractivity contribution in [2.45, 2.75) is 24.0 Å². The van der Waals surface area contributed by atoms with Crippen LogP contribution in [0, 0.1) is 0 Å². The zero-order chi connectivity index (χ0) is 16.6. The minimum Gasteiger partial charge on any atom is -0.339 e. The van der Waals surface area contributed by atoms with Crippen LogP contribution in [-0.2, 0) is 9.84 Å². The van der Waals surface area contributed by atoms with Gasteiger partial charge in [-0.1, -0.05) is 23.7 Å². The molecule has 3 aromatic rings. The van der Waals surface area contributed by atoms with Gasteiger partial charge in [-0.25, -0.2) is 13.4 Å². The molecule has 3 rings (SSSR count). The van der Waals surface area contributed by atoms with E-state index in [-0.39, 0.29) is 4.90 Å². The Kier molecular flexibility index (Phi) is 3.99. The molecule has 0 atom stereocenters. The standard InChI is InChI=1S/C15H15ClN4O2S/c1-10(2)23(21,22)12-6-4-3-5-11(12)18-15-9-13(16)19-14-7-8-17-20(14)15/h3-10,18H,1-2H3. The van der Waals surface area contributed by atoms with E-state index in [1.165, 1.54) is 0 Å². The molecule has 2 aromatic heterocycles. The Labute approximate surface area is 139 Å². The largest absolute Gasteiger partial charge is 0.339 e. The van der Waals surface area contributed by atoms with Gasteiger partial charge in [-0.15, -0.1) is 0 Å². The zero-order valence-corrected chi connectivity index (χ0v) is 14.1. The highest BCUT2D eigenvalue weighted by Gasteiger charge is 2.22. The molecule has 8 heteroatoms. The summed E-state index contributed by atoms with van der Waals surface area (Å²) >= 11 is 6.02. The van der Waals surface area contributed by atoms with Gasteiger partial charge in [0, 0.05) is 12.1 Å². The van der Waals surface area contributed by atoms with E-state index in [1.54, 1.807) is 61.0 Å². The fourth-order valence-electron chi connectivity index (χ4n) is 2.18. The van der Waals surface area contributed by atoms with Crippen molar-refractivity contribution >= 4 is 38.6 Å². The van der Waals surface area contributed by atoms with Gasteiger partial charge in [-0.2, -0.15) is 9.61 Å². The Morgan fingerprint density at radius 1 is 1.22 bits per heavy atom. The van der Waals surface area contributed by atoms with Gasteiger partial charge in [-0.05, 0) is 26.0 Å². The average molecular weight is 351 g/mol.